The molecule has 2 aromatic carbocycles. The van der Waals surface area contributed by atoms with Gasteiger partial charge in [-0.25, -0.2) is 19.3 Å². The maximum atomic E-state index is 13.7. The number of aromatic nitrogens is 4. The molecule has 1 saturated carbocycles. The molecule has 212 valence electrons. The highest BCUT2D eigenvalue weighted by Crippen LogP contribution is 2.36. The molecule has 0 radical (unpaired) electrons. The van der Waals surface area contributed by atoms with Crippen molar-refractivity contribution in [2.45, 2.75) is 51.4 Å². The summed E-state index contributed by atoms with van der Waals surface area (Å²) in [6.45, 7) is 2.09. The van der Waals surface area contributed by atoms with Crippen LogP contribution < -0.4 is 10.6 Å². The van der Waals surface area contributed by atoms with Gasteiger partial charge in [-0.3, -0.25) is 4.79 Å². The molecule has 41 heavy (non-hydrogen) atoms. The Hall–Kier alpha value is -4.15. The monoisotopic (exact) mass is 556 g/mol. The molecule has 1 saturated heterocycles. The van der Waals surface area contributed by atoms with E-state index in [2.05, 4.69) is 20.6 Å². The van der Waals surface area contributed by atoms with E-state index in [1.165, 1.54) is 31.4 Å². The van der Waals surface area contributed by atoms with Gasteiger partial charge in [0, 0.05) is 23.5 Å². The molecule has 0 bridgehead atoms. The third kappa shape index (κ3) is 6.13. The van der Waals surface area contributed by atoms with Crippen LogP contribution in [0.5, 0.6) is 0 Å². The van der Waals surface area contributed by atoms with Crippen molar-refractivity contribution in [3.8, 4) is 22.6 Å². The number of rotatable bonds is 7. The van der Waals surface area contributed by atoms with E-state index in [1.807, 2.05) is 36.4 Å². The van der Waals surface area contributed by atoms with Crippen LogP contribution in [0.4, 0.5) is 16.0 Å². The summed E-state index contributed by atoms with van der Waals surface area (Å²) in [5.74, 6) is 0.471. The molecule has 1 amide bonds. The molecule has 0 spiro atoms. The van der Waals surface area contributed by atoms with E-state index >= 15 is 0 Å². The van der Waals surface area contributed by atoms with Gasteiger partial charge >= 0.3 is 0 Å². The van der Waals surface area contributed by atoms with Crippen LogP contribution in [0.15, 0.2) is 66.9 Å². The van der Waals surface area contributed by atoms with E-state index in [4.69, 9.17) is 19.4 Å². The number of amides is 1. The summed E-state index contributed by atoms with van der Waals surface area (Å²) >= 11 is 0. The predicted octanol–water partition coefficient (Wildman–Crippen LogP) is 6.11. The van der Waals surface area contributed by atoms with Gasteiger partial charge in [0.05, 0.1) is 35.7 Å². The highest BCUT2D eigenvalue weighted by molar-refractivity contribution is 5.95. The highest BCUT2D eigenvalue weighted by Gasteiger charge is 2.41. The van der Waals surface area contributed by atoms with E-state index in [1.54, 1.807) is 25.3 Å². The lowest BCUT2D eigenvalue weighted by Gasteiger charge is -2.35. The van der Waals surface area contributed by atoms with E-state index in [9.17, 15) is 9.18 Å². The lowest BCUT2D eigenvalue weighted by Crippen LogP contribution is -2.45. The molecule has 3 heterocycles. The second-order valence-electron chi connectivity index (χ2n) is 10.9. The molecule has 9 nitrogen and oxygen atoms in total. The second-order valence-corrected chi connectivity index (χ2v) is 10.9. The molecule has 2 aromatic heterocycles. The van der Waals surface area contributed by atoms with Crippen molar-refractivity contribution in [1.82, 2.24) is 19.9 Å². The van der Waals surface area contributed by atoms with Gasteiger partial charge in [-0.2, -0.15) is 0 Å². The number of anilines is 2. The average molecular weight is 557 g/mol. The standard InChI is InChI=1S/C31H33FN6O3/c1-31(29(39)34-22-8-4-2-5-9-22)18-40-28(41-19-31)27-37-25(20-12-14-21(32)15-13-20)26(38-27)24-16-17-33-30(36-24)35-23-10-6-3-7-11-23/h2,4-5,8-9,12-17,23,28H,3,6-7,10-11,18-19H2,1H3,(H,34,39)(H,37,38)(H,33,35,36). The molecule has 2 aliphatic rings. The lowest BCUT2D eigenvalue weighted by atomic mass is 9.91. The van der Waals surface area contributed by atoms with Crippen LogP contribution in [0, 0.1) is 11.2 Å². The number of benzene rings is 2. The van der Waals surface area contributed by atoms with Crippen molar-refractivity contribution in [2.24, 2.45) is 5.41 Å². The van der Waals surface area contributed by atoms with E-state index in [0.29, 0.717) is 46.1 Å². The van der Waals surface area contributed by atoms with Crippen LogP contribution >= 0.6 is 0 Å². The van der Waals surface area contributed by atoms with Crippen LogP contribution in [0.25, 0.3) is 22.6 Å². The minimum atomic E-state index is -0.881. The number of carbonyl (C=O) groups excluding carboxylic acids is 1. The van der Waals surface area contributed by atoms with Crippen LogP contribution in [-0.2, 0) is 14.3 Å². The van der Waals surface area contributed by atoms with Crippen LogP contribution in [0.3, 0.4) is 0 Å². The van der Waals surface area contributed by atoms with Gasteiger partial charge in [-0.1, -0.05) is 37.5 Å². The van der Waals surface area contributed by atoms with Gasteiger partial charge in [0.25, 0.3) is 0 Å². The first-order valence-electron chi connectivity index (χ1n) is 14.0. The first-order chi connectivity index (χ1) is 20.0. The Labute approximate surface area is 237 Å². The first-order valence-corrected chi connectivity index (χ1v) is 14.0. The fourth-order valence-electron chi connectivity index (χ4n) is 5.20. The number of H-pyrrole nitrogens is 1. The highest BCUT2D eigenvalue weighted by atomic mass is 19.1. The van der Waals surface area contributed by atoms with Crippen molar-refractivity contribution < 1.29 is 18.7 Å². The summed E-state index contributed by atoms with van der Waals surface area (Å²) in [6, 6.07) is 17.6. The van der Waals surface area contributed by atoms with Gasteiger partial charge in [0.2, 0.25) is 18.1 Å². The topological polar surface area (TPSA) is 114 Å². The Balaban J connectivity index is 1.24. The minimum Gasteiger partial charge on any atom is -0.351 e. The number of aromatic amines is 1. The lowest BCUT2D eigenvalue weighted by molar-refractivity contribution is -0.229. The zero-order chi connectivity index (χ0) is 28.2. The first kappa shape index (κ1) is 27.0. The number of carbonyl (C=O) groups is 1. The largest absolute Gasteiger partial charge is 0.351 e. The molecule has 6 rings (SSSR count). The number of para-hydroxylation sites is 1. The van der Waals surface area contributed by atoms with Crippen LogP contribution in [-0.4, -0.2) is 45.1 Å². The van der Waals surface area contributed by atoms with Crippen molar-refractivity contribution in [3.05, 3.63) is 78.5 Å². The molecule has 2 fully saturated rings. The number of nitrogens with zero attached hydrogens (tertiary/aromatic N) is 3. The molecular weight excluding hydrogens is 523 g/mol. The van der Waals surface area contributed by atoms with Crippen LogP contribution in [0.1, 0.15) is 51.1 Å². The number of hydrogen-bond donors (Lipinski definition) is 3. The number of nitrogens with one attached hydrogen (secondary N) is 3. The maximum absolute atomic E-state index is 13.7. The summed E-state index contributed by atoms with van der Waals surface area (Å²) in [6.07, 6.45) is 6.76. The summed E-state index contributed by atoms with van der Waals surface area (Å²) in [7, 11) is 0. The Kier molecular flexibility index (Phi) is 7.76. The Morgan fingerprint density at radius 3 is 2.44 bits per heavy atom. The van der Waals surface area contributed by atoms with Crippen LogP contribution in [0.2, 0.25) is 0 Å². The number of halogens is 1. The zero-order valence-electron chi connectivity index (χ0n) is 22.9. The van der Waals surface area contributed by atoms with E-state index in [-0.39, 0.29) is 24.9 Å². The Bertz CT molecular complexity index is 1480. The molecule has 10 heteroatoms. The summed E-state index contributed by atoms with van der Waals surface area (Å²) in [4.78, 5) is 30.4. The van der Waals surface area contributed by atoms with Gasteiger partial charge in [0.15, 0.2) is 5.82 Å². The maximum Gasteiger partial charge on any atom is 0.234 e. The van der Waals surface area contributed by atoms with Crippen molar-refractivity contribution in [1.29, 1.82) is 0 Å². The van der Waals surface area contributed by atoms with Gasteiger partial charge in [0.1, 0.15) is 5.82 Å². The number of imidazole rings is 1. The fraction of sp³-hybridized carbons (Fsp3) is 0.355. The van der Waals surface area contributed by atoms with Crippen molar-refractivity contribution >= 4 is 17.5 Å². The Morgan fingerprint density at radius 2 is 1.71 bits per heavy atom. The molecule has 3 N–H and O–H groups in total. The third-order valence-electron chi connectivity index (χ3n) is 7.60. The summed E-state index contributed by atoms with van der Waals surface area (Å²) in [5, 5.41) is 6.40. The number of hydrogen-bond acceptors (Lipinski definition) is 7. The van der Waals surface area contributed by atoms with Gasteiger partial charge in [-0.05, 0) is 62.2 Å². The van der Waals surface area contributed by atoms with Crippen molar-refractivity contribution in [3.63, 3.8) is 0 Å². The van der Waals surface area contributed by atoms with Crippen molar-refractivity contribution in [2.75, 3.05) is 23.8 Å². The quantitative estimate of drug-likeness (QED) is 0.252. The molecule has 1 aliphatic carbocycles. The van der Waals surface area contributed by atoms with Gasteiger partial charge < -0.3 is 25.1 Å². The number of ether oxygens (including phenoxy) is 2. The smallest absolute Gasteiger partial charge is 0.234 e. The zero-order valence-corrected chi connectivity index (χ0v) is 22.9. The van der Waals surface area contributed by atoms with Gasteiger partial charge in [-0.15, -0.1) is 0 Å². The average Bonchev–Trinajstić information content (AvgIpc) is 3.45. The summed E-state index contributed by atoms with van der Waals surface area (Å²) < 4.78 is 25.8. The molecule has 0 unspecified atom stereocenters. The van der Waals surface area contributed by atoms with E-state index < -0.39 is 11.7 Å². The second kappa shape index (κ2) is 11.8. The minimum absolute atomic E-state index is 0.140. The fourth-order valence-corrected chi connectivity index (χ4v) is 5.20. The Morgan fingerprint density at radius 1 is 0.976 bits per heavy atom. The molecule has 0 atom stereocenters. The van der Waals surface area contributed by atoms with E-state index in [0.717, 1.165) is 12.8 Å². The molecule has 1 aliphatic heterocycles. The summed E-state index contributed by atoms with van der Waals surface area (Å²) in [5.41, 5.74) is 2.41. The normalized spacial score (nSPS) is 21.4. The molecule has 4 aromatic rings. The molecular formula is C31H33FN6O3. The third-order valence-corrected chi connectivity index (χ3v) is 7.60. The predicted molar refractivity (Wildman–Crippen MR) is 153 cm³/mol. The SMILES string of the molecule is CC1(C(=O)Nc2ccccc2)COC(c2nc(-c3ccc(F)cc3)c(-c3ccnc(NC4CCCCC4)n3)[nH]2)OC1.